The summed E-state index contributed by atoms with van der Waals surface area (Å²) in [7, 11) is 0. The molecule has 18 heavy (non-hydrogen) atoms. The van der Waals surface area contributed by atoms with Crippen molar-refractivity contribution >= 4 is 17.2 Å². The van der Waals surface area contributed by atoms with Crippen molar-refractivity contribution in [3.63, 3.8) is 0 Å². The zero-order valence-corrected chi connectivity index (χ0v) is 11.0. The minimum atomic E-state index is 0.235. The fourth-order valence-corrected chi connectivity index (χ4v) is 3.32. The van der Waals surface area contributed by atoms with Crippen LogP contribution in [0.3, 0.4) is 0 Å². The van der Waals surface area contributed by atoms with E-state index in [1.807, 2.05) is 6.20 Å². The number of aryl methyl sites for hydroxylation is 1. The average Bonchev–Trinajstić information content (AvgIpc) is 3.05. The Morgan fingerprint density at radius 3 is 3.28 bits per heavy atom. The van der Waals surface area contributed by atoms with Crippen LogP contribution in [-0.2, 0) is 6.42 Å². The number of nitrogens with one attached hydrogen (secondary N) is 1. The van der Waals surface area contributed by atoms with Crippen LogP contribution in [0.15, 0.2) is 23.7 Å². The molecule has 2 aromatic rings. The van der Waals surface area contributed by atoms with Crippen molar-refractivity contribution in [1.29, 1.82) is 0 Å². The van der Waals surface area contributed by atoms with Gasteiger partial charge in [0.15, 0.2) is 0 Å². The lowest BCUT2D eigenvalue weighted by atomic mass is 10.1. The summed E-state index contributed by atoms with van der Waals surface area (Å²) in [4.78, 5) is 1.37. The van der Waals surface area contributed by atoms with Gasteiger partial charge in [-0.3, -0.25) is 0 Å². The molecule has 2 aromatic heterocycles. The van der Waals surface area contributed by atoms with Crippen LogP contribution >= 0.6 is 11.3 Å². The third-order valence-electron chi connectivity index (χ3n) is 3.35. The molecular formula is C13H17N3OS. The minimum absolute atomic E-state index is 0.235. The number of nitrogens with zero attached hydrogens (tertiary/aromatic N) is 2. The molecule has 1 aliphatic heterocycles. The van der Waals surface area contributed by atoms with Crippen molar-refractivity contribution in [3.05, 3.63) is 34.2 Å². The second-order valence-electron chi connectivity index (χ2n) is 4.54. The summed E-state index contributed by atoms with van der Waals surface area (Å²) in [5.41, 5.74) is 1.21. The predicted molar refractivity (Wildman–Crippen MR) is 73.2 cm³/mol. The number of hydrogen-bond donors (Lipinski definition) is 2. The first-order chi connectivity index (χ1) is 8.90. The second-order valence-corrected chi connectivity index (χ2v) is 5.52. The molecule has 0 radical (unpaired) electrons. The zero-order valence-electron chi connectivity index (χ0n) is 10.2. The first-order valence-electron chi connectivity index (χ1n) is 6.34. The Morgan fingerprint density at radius 1 is 1.56 bits per heavy atom. The Hall–Kier alpha value is -1.33. The van der Waals surface area contributed by atoms with E-state index in [0.717, 1.165) is 31.6 Å². The topological polar surface area (TPSA) is 50.1 Å². The molecule has 0 aromatic carbocycles. The maximum atomic E-state index is 8.93. The summed E-state index contributed by atoms with van der Waals surface area (Å²) >= 11 is 1.79. The van der Waals surface area contributed by atoms with Crippen LogP contribution in [-0.4, -0.2) is 28.0 Å². The molecule has 0 spiro atoms. The number of aliphatic hydroxyl groups excluding tert-OH is 1. The van der Waals surface area contributed by atoms with Gasteiger partial charge in [-0.1, -0.05) is 6.07 Å². The van der Waals surface area contributed by atoms with Crippen molar-refractivity contribution in [2.75, 3.05) is 18.5 Å². The van der Waals surface area contributed by atoms with Gasteiger partial charge in [-0.2, -0.15) is 5.10 Å². The summed E-state index contributed by atoms with van der Waals surface area (Å²) in [6.45, 7) is 1.22. The maximum absolute atomic E-state index is 8.93. The SMILES string of the molecule is OCCCc1cnn2c1NCCC2c1cccs1. The van der Waals surface area contributed by atoms with Crippen molar-refractivity contribution < 1.29 is 5.11 Å². The number of hydrogen-bond acceptors (Lipinski definition) is 4. The van der Waals surface area contributed by atoms with Gasteiger partial charge < -0.3 is 10.4 Å². The zero-order chi connectivity index (χ0) is 12.4. The predicted octanol–water partition coefficient (Wildman–Crippen LogP) is 2.27. The Kier molecular flexibility index (Phi) is 3.34. The van der Waals surface area contributed by atoms with Crippen LogP contribution in [0, 0.1) is 0 Å². The van der Waals surface area contributed by atoms with Crippen LogP contribution in [0.1, 0.15) is 29.3 Å². The number of thiophene rings is 1. The molecule has 0 aliphatic carbocycles. The Labute approximate surface area is 110 Å². The van der Waals surface area contributed by atoms with E-state index in [1.54, 1.807) is 11.3 Å². The lowest BCUT2D eigenvalue weighted by Gasteiger charge is -2.25. The number of aromatic nitrogens is 2. The van der Waals surface area contributed by atoms with Crippen molar-refractivity contribution in [2.24, 2.45) is 0 Å². The lowest BCUT2D eigenvalue weighted by molar-refractivity contribution is 0.288. The fourth-order valence-electron chi connectivity index (χ4n) is 2.47. The molecule has 1 aliphatic rings. The molecule has 96 valence electrons. The van der Waals surface area contributed by atoms with Crippen LogP contribution in [0.5, 0.6) is 0 Å². The first-order valence-corrected chi connectivity index (χ1v) is 7.22. The number of anilines is 1. The van der Waals surface area contributed by atoms with Crippen LogP contribution in [0.25, 0.3) is 0 Å². The van der Waals surface area contributed by atoms with E-state index in [9.17, 15) is 0 Å². The molecule has 0 fully saturated rings. The molecule has 1 unspecified atom stereocenters. The van der Waals surface area contributed by atoms with E-state index < -0.39 is 0 Å². The van der Waals surface area contributed by atoms with E-state index >= 15 is 0 Å². The van der Waals surface area contributed by atoms with Gasteiger partial charge in [-0.25, -0.2) is 4.68 Å². The van der Waals surface area contributed by atoms with Gasteiger partial charge in [0, 0.05) is 23.6 Å². The summed E-state index contributed by atoms with van der Waals surface area (Å²) in [6, 6.07) is 4.64. The third-order valence-corrected chi connectivity index (χ3v) is 4.33. The quantitative estimate of drug-likeness (QED) is 0.889. The largest absolute Gasteiger partial charge is 0.396 e. The van der Waals surface area contributed by atoms with Gasteiger partial charge >= 0.3 is 0 Å². The van der Waals surface area contributed by atoms with Gasteiger partial charge in [-0.05, 0) is 30.7 Å². The smallest absolute Gasteiger partial charge is 0.128 e. The van der Waals surface area contributed by atoms with E-state index in [4.69, 9.17) is 5.11 Å². The summed E-state index contributed by atoms with van der Waals surface area (Å²) in [5.74, 6) is 1.13. The molecule has 2 N–H and O–H groups in total. The van der Waals surface area contributed by atoms with Crippen LogP contribution in [0.2, 0.25) is 0 Å². The van der Waals surface area contributed by atoms with E-state index in [0.29, 0.717) is 6.04 Å². The highest BCUT2D eigenvalue weighted by molar-refractivity contribution is 7.10. The van der Waals surface area contributed by atoms with Crippen molar-refractivity contribution in [2.45, 2.75) is 25.3 Å². The van der Waals surface area contributed by atoms with E-state index in [1.165, 1.54) is 10.4 Å². The van der Waals surface area contributed by atoms with Crippen molar-refractivity contribution in [1.82, 2.24) is 9.78 Å². The fraction of sp³-hybridized carbons (Fsp3) is 0.462. The molecule has 3 rings (SSSR count). The molecule has 5 heteroatoms. The molecule has 0 amide bonds. The Morgan fingerprint density at radius 2 is 2.50 bits per heavy atom. The van der Waals surface area contributed by atoms with Gasteiger partial charge in [0.05, 0.1) is 12.2 Å². The molecule has 0 saturated heterocycles. The molecule has 0 bridgehead atoms. The number of rotatable bonds is 4. The van der Waals surface area contributed by atoms with Gasteiger partial charge in [0.1, 0.15) is 5.82 Å². The molecule has 4 nitrogen and oxygen atoms in total. The monoisotopic (exact) mass is 263 g/mol. The van der Waals surface area contributed by atoms with Crippen molar-refractivity contribution in [3.8, 4) is 0 Å². The van der Waals surface area contributed by atoms with Crippen LogP contribution in [0.4, 0.5) is 5.82 Å². The van der Waals surface area contributed by atoms with E-state index in [-0.39, 0.29) is 6.61 Å². The molecular weight excluding hydrogens is 246 g/mol. The van der Waals surface area contributed by atoms with E-state index in [2.05, 4.69) is 32.6 Å². The second kappa shape index (κ2) is 5.12. The summed E-state index contributed by atoms with van der Waals surface area (Å²) in [5, 5.41) is 19.0. The minimum Gasteiger partial charge on any atom is -0.396 e. The normalized spacial score (nSPS) is 18.4. The summed E-state index contributed by atoms with van der Waals surface area (Å²) < 4.78 is 2.10. The Balaban J connectivity index is 1.90. The molecule has 3 heterocycles. The standard InChI is InChI=1S/C13H17N3OS/c17-7-1-3-10-9-15-16-11(5-6-14-13(10)16)12-4-2-8-18-12/h2,4,8-9,11,14,17H,1,3,5-7H2. The average molecular weight is 263 g/mol. The highest BCUT2D eigenvalue weighted by Crippen LogP contribution is 2.33. The highest BCUT2D eigenvalue weighted by Gasteiger charge is 2.24. The molecule has 1 atom stereocenters. The highest BCUT2D eigenvalue weighted by atomic mass is 32.1. The van der Waals surface area contributed by atoms with Gasteiger partial charge in [0.2, 0.25) is 0 Å². The summed E-state index contributed by atoms with van der Waals surface area (Å²) in [6.07, 6.45) is 4.69. The lowest BCUT2D eigenvalue weighted by Crippen LogP contribution is -2.24. The van der Waals surface area contributed by atoms with Gasteiger partial charge in [-0.15, -0.1) is 11.3 Å². The number of aliphatic hydroxyl groups is 1. The number of fused-ring (bicyclic) bond motifs is 1. The third kappa shape index (κ3) is 2.04. The van der Waals surface area contributed by atoms with Crippen LogP contribution < -0.4 is 5.32 Å². The Bertz CT molecular complexity index is 506. The molecule has 0 saturated carbocycles. The maximum Gasteiger partial charge on any atom is 0.128 e. The first kappa shape index (κ1) is 11.7. The van der Waals surface area contributed by atoms with Gasteiger partial charge in [0.25, 0.3) is 0 Å².